The molecule has 28 heavy (non-hydrogen) atoms. The largest absolute Gasteiger partial charge is 0.357 e. The van der Waals surface area contributed by atoms with Gasteiger partial charge in [0.1, 0.15) is 6.04 Å². The summed E-state index contributed by atoms with van der Waals surface area (Å²) in [5.41, 5.74) is 3.20. The van der Waals surface area contributed by atoms with Gasteiger partial charge in [0.15, 0.2) is 0 Å². The third-order valence-electron chi connectivity index (χ3n) is 4.81. The summed E-state index contributed by atoms with van der Waals surface area (Å²) in [5.74, 6) is -0.289. The van der Waals surface area contributed by atoms with Crippen molar-refractivity contribution >= 4 is 35.0 Å². The Morgan fingerprint density at radius 3 is 2.18 bits per heavy atom. The molecule has 4 nitrogen and oxygen atoms in total. The van der Waals surface area contributed by atoms with Crippen molar-refractivity contribution in [1.29, 1.82) is 0 Å². The van der Waals surface area contributed by atoms with Crippen LogP contribution in [0.5, 0.6) is 0 Å². The van der Waals surface area contributed by atoms with E-state index in [-0.39, 0.29) is 11.8 Å². The van der Waals surface area contributed by atoms with Crippen molar-refractivity contribution in [2.45, 2.75) is 45.7 Å². The van der Waals surface area contributed by atoms with Crippen LogP contribution in [0.3, 0.4) is 0 Å². The van der Waals surface area contributed by atoms with Gasteiger partial charge in [-0.15, -0.1) is 0 Å². The molecule has 0 aliphatic rings. The van der Waals surface area contributed by atoms with Crippen molar-refractivity contribution in [3.05, 3.63) is 69.2 Å². The van der Waals surface area contributed by atoms with Crippen LogP contribution in [0.4, 0.5) is 0 Å². The number of hydrogen-bond donors (Lipinski definition) is 1. The molecule has 0 aromatic heterocycles. The highest BCUT2D eigenvalue weighted by molar-refractivity contribution is 6.42. The Labute approximate surface area is 176 Å². The number of amides is 2. The molecule has 0 saturated heterocycles. The molecular weight excluding hydrogens is 395 g/mol. The summed E-state index contributed by atoms with van der Waals surface area (Å²) in [6.45, 7) is 4.13. The fourth-order valence-corrected chi connectivity index (χ4v) is 3.28. The van der Waals surface area contributed by atoms with Crippen LogP contribution >= 0.6 is 23.2 Å². The maximum absolute atomic E-state index is 12.9. The normalized spacial score (nSPS) is 11.8. The Morgan fingerprint density at radius 1 is 1.00 bits per heavy atom. The quantitative estimate of drug-likeness (QED) is 0.675. The van der Waals surface area contributed by atoms with E-state index in [4.69, 9.17) is 23.2 Å². The zero-order valence-corrected chi connectivity index (χ0v) is 18.0. The van der Waals surface area contributed by atoms with E-state index in [0.717, 1.165) is 17.5 Å². The van der Waals surface area contributed by atoms with Crippen molar-refractivity contribution in [1.82, 2.24) is 10.2 Å². The lowest BCUT2D eigenvalue weighted by Gasteiger charge is -2.28. The molecule has 1 unspecified atom stereocenters. The van der Waals surface area contributed by atoms with Gasteiger partial charge in [-0.2, -0.15) is 0 Å². The first-order chi connectivity index (χ1) is 13.3. The number of hydrogen-bond acceptors (Lipinski definition) is 2. The van der Waals surface area contributed by atoms with Crippen LogP contribution in [-0.2, 0) is 29.0 Å². The molecule has 2 aromatic carbocycles. The Bertz CT molecular complexity index is 822. The number of carbonyl (C=O) groups excluding carboxylic acids is 2. The lowest BCUT2D eigenvalue weighted by atomic mass is 10.0. The summed E-state index contributed by atoms with van der Waals surface area (Å²) in [4.78, 5) is 26.7. The number of nitrogens with one attached hydrogen (secondary N) is 1. The SMILES string of the molecule is CCc1ccc(CCC(=O)N(Cc2ccc(Cl)c(Cl)c2)C(C)C(=O)NC)cc1. The third-order valence-corrected chi connectivity index (χ3v) is 5.55. The number of likely N-dealkylation sites (N-methyl/N-ethyl adjacent to an activating group) is 1. The van der Waals surface area contributed by atoms with Crippen LogP contribution in [0.25, 0.3) is 0 Å². The van der Waals surface area contributed by atoms with Gasteiger partial charge in [-0.3, -0.25) is 9.59 Å². The number of nitrogens with zero attached hydrogens (tertiary/aromatic N) is 1. The maximum Gasteiger partial charge on any atom is 0.242 e. The van der Waals surface area contributed by atoms with Crippen molar-refractivity contribution < 1.29 is 9.59 Å². The second-order valence-corrected chi connectivity index (χ2v) is 7.54. The molecule has 2 rings (SSSR count). The molecule has 2 aromatic rings. The Hall–Kier alpha value is -2.04. The molecule has 0 saturated carbocycles. The van der Waals surface area contributed by atoms with Gasteiger partial charge in [-0.05, 0) is 48.6 Å². The highest BCUT2D eigenvalue weighted by Crippen LogP contribution is 2.24. The van der Waals surface area contributed by atoms with Gasteiger partial charge in [0.05, 0.1) is 10.0 Å². The molecular formula is C22H26Cl2N2O2. The van der Waals surface area contributed by atoms with E-state index in [0.29, 0.717) is 29.4 Å². The summed E-state index contributed by atoms with van der Waals surface area (Å²) in [6.07, 6.45) is 1.94. The summed E-state index contributed by atoms with van der Waals surface area (Å²) in [7, 11) is 1.57. The molecule has 1 N–H and O–H groups in total. The second kappa shape index (κ2) is 10.5. The predicted octanol–water partition coefficient (Wildman–Crippen LogP) is 4.65. The lowest BCUT2D eigenvalue weighted by Crippen LogP contribution is -2.46. The monoisotopic (exact) mass is 420 g/mol. The van der Waals surface area contributed by atoms with Crippen LogP contribution in [0.15, 0.2) is 42.5 Å². The molecule has 0 heterocycles. The van der Waals surface area contributed by atoms with E-state index in [1.54, 1.807) is 31.0 Å². The number of aryl methyl sites for hydroxylation is 2. The third kappa shape index (κ3) is 5.98. The molecule has 0 spiro atoms. The summed E-state index contributed by atoms with van der Waals surface area (Å²) < 4.78 is 0. The molecule has 1 atom stereocenters. The molecule has 0 radical (unpaired) electrons. The number of benzene rings is 2. The Balaban J connectivity index is 2.13. The summed E-state index contributed by atoms with van der Waals surface area (Å²) in [5, 5.41) is 3.50. The lowest BCUT2D eigenvalue weighted by molar-refractivity contribution is -0.140. The van der Waals surface area contributed by atoms with E-state index in [1.165, 1.54) is 5.56 Å². The zero-order chi connectivity index (χ0) is 20.7. The summed E-state index contributed by atoms with van der Waals surface area (Å²) >= 11 is 12.1. The average Bonchev–Trinajstić information content (AvgIpc) is 2.72. The van der Waals surface area contributed by atoms with Crippen molar-refractivity contribution in [2.24, 2.45) is 0 Å². The van der Waals surface area contributed by atoms with Crippen LogP contribution in [-0.4, -0.2) is 29.8 Å². The van der Waals surface area contributed by atoms with Crippen molar-refractivity contribution in [3.63, 3.8) is 0 Å². The summed E-state index contributed by atoms with van der Waals surface area (Å²) in [6, 6.07) is 12.9. The van der Waals surface area contributed by atoms with E-state index < -0.39 is 6.04 Å². The van der Waals surface area contributed by atoms with E-state index in [1.807, 2.05) is 6.07 Å². The Kier molecular flexibility index (Phi) is 8.34. The minimum Gasteiger partial charge on any atom is -0.357 e. The highest BCUT2D eigenvalue weighted by atomic mass is 35.5. The molecule has 0 aliphatic carbocycles. The zero-order valence-electron chi connectivity index (χ0n) is 16.5. The van der Waals surface area contributed by atoms with Crippen LogP contribution in [0.2, 0.25) is 10.0 Å². The molecule has 0 aliphatic heterocycles. The van der Waals surface area contributed by atoms with Crippen LogP contribution in [0, 0.1) is 0 Å². The van der Waals surface area contributed by atoms with Crippen molar-refractivity contribution in [3.8, 4) is 0 Å². The van der Waals surface area contributed by atoms with Gasteiger partial charge in [0.25, 0.3) is 0 Å². The van der Waals surface area contributed by atoms with E-state index in [2.05, 4.69) is 36.5 Å². The number of halogens is 2. The van der Waals surface area contributed by atoms with Gasteiger partial charge in [0.2, 0.25) is 11.8 Å². The van der Waals surface area contributed by atoms with Gasteiger partial charge in [0, 0.05) is 20.0 Å². The number of rotatable bonds is 8. The second-order valence-electron chi connectivity index (χ2n) is 6.73. The molecule has 150 valence electrons. The highest BCUT2D eigenvalue weighted by Gasteiger charge is 2.25. The number of carbonyl (C=O) groups is 2. The van der Waals surface area contributed by atoms with Crippen LogP contribution < -0.4 is 5.32 Å². The predicted molar refractivity (Wildman–Crippen MR) is 115 cm³/mol. The first-order valence-electron chi connectivity index (χ1n) is 9.38. The fourth-order valence-electron chi connectivity index (χ4n) is 2.96. The van der Waals surface area contributed by atoms with Gasteiger partial charge in [-0.25, -0.2) is 0 Å². The standard InChI is InChI=1S/C22H26Cl2N2O2/c1-4-16-5-7-17(8-6-16)10-12-21(27)26(15(2)22(28)25-3)14-18-9-11-19(23)20(24)13-18/h5-9,11,13,15H,4,10,12,14H2,1-3H3,(H,25,28). The van der Waals surface area contributed by atoms with Gasteiger partial charge >= 0.3 is 0 Å². The Morgan fingerprint density at radius 2 is 1.61 bits per heavy atom. The van der Waals surface area contributed by atoms with Gasteiger partial charge < -0.3 is 10.2 Å². The topological polar surface area (TPSA) is 49.4 Å². The maximum atomic E-state index is 12.9. The minimum absolute atomic E-state index is 0.0817. The van der Waals surface area contributed by atoms with Crippen molar-refractivity contribution in [2.75, 3.05) is 7.05 Å². The van der Waals surface area contributed by atoms with E-state index >= 15 is 0 Å². The first kappa shape index (κ1) is 22.3. The molecule has 2 amide bonds. The fraction of sp³-hybridized carbons (Fsp3) is 0.364. The average molecular weight is 421 g/mol. The van der Waals surface area contributed by atoms with Crippen LogP contribution in [0.1, 0.15) is 37.0 Å². The van der Waals surface area contributed by atoms with Gasteiger partial charge in [-0.1, -0.05) is 60.5 Å². The molecule has 6 heteroatoms. The minimum atomic E-state index is -0.588. The molecule has 0 fully saturated rings. The van der Waals surface area contributed by atoms with E-state index in [9.17, 15) is 9.59 Å². The first-order valence-corrected chi connectivity index (χ1v) is 10.1. The smallest absolute Gasteiger partial charge is 0.242 e. The molecule has 0 bridgehead atoms.